The summed E-state index contributed by atoms with van der Waals surface area (Å²) in [6.07, 6.45) is 0.0437. The van der Waals surface area contributed by atoms with Crippen LogP contribution in [0.5, 0.6) is 0 Å². The molecule has 3 aromatic carbocycles. The number of carbonyl (C=O) groups excluding carboxylic acids is 1. The van der Waals surface area contributed by atoms with Crippen LogP contribution in [0, 0.1) is 11.6 Å². The van der Waals surface area contributed by atoms with Gasteiger partial charge in [-0.3, -0.25) is 9.69 Å². The number of nitrogens with zero attached hydrogens (tertiary/aromatic N) is 2. The van der Waals surface area contributed by atoms with Crippen molar-refractivity contribution < 1.29 is 22.0 Å². The number of nitrogens with one attached hydrogen (secondary N) is 1. The molecule has 0 bridgehead atoms. The van der Waals surface area contributed by atoms with Gasteiger partial charge in [0.25, 0.3) is 0 Å². The highest BCUT2D eigenvalue weighted by atomic mass is 32.2. The van der Waals surface area contributed by atoms with Crippen LogP contribution in [0.2, 0.25) is 0 Å². The molecule has 1 saturated heterocycles. The van der Waals surface area contributed by atoms with E-state index in [9.17, 15) is 22.0 Å². The lowest BCUT2D eigenvalue weighted by molar-refractivity contribution is -0.123. The summed E-state index contributed by atoms with van der Waals surface area (Å²) in [6.45, 7) is 3.16. The Balaban J connectivity index is 1.30. The molecule has 0 spiro atoms. The lowest BCUT2D eigenvalue weighted by atomic mass is 10.1. The van der Waals surface area contributed by atoms with Crippen molar-refractivity contribution >= 4 is 26.7 Å². The van der Waals surface area contributed by atoms with Gasteiger partial charge in [-0.1, -0.05) is 36.4 Å². The van der Waals surface area contributed by atoms with Gasteiger partial charge in [-0.05, 0) is 48.4 Å². The van der Waals surface area contributed by atoms with Crippen LogP contribution in [0.4, 0.5) is 8.78 Å². The summed E-state index contributed by atoms with van der Waals surface area (Å²) < 4.78 is 55.3. The number of carbonyl (C=O) groups is 1. The van der Waals surface area contributed by atoms with Crippen molar-refractivity contribution in [3.05, 3.63) is 77.9 Å². The first-order valence-electron chi connectivity index (χ1n) is 11.2. The number of sulfonamides is 1. The highest BCUT2D eigenvalue weighted by molar-refractivity contribution is 7.89. The largest absolute Gasteiger partial charge is 0.352 e. The van der Waals surface area contributed by atoms with Gasteiger partial charge in [0, 0.05) is 37.8 Å². The van der Waals surface area contributed by atoms with Crippen molar-refractivity contribution in [1.29, 1.82) is 0 Å². The molecule has 1 atom stereocenters. The van der Waals surface area contributed by atoms with Crippen molar-refractivity contribution in [2.24, 2.45) is 0 Å². The zero-order valence-electron chi connectivity index (χ0n) is 18.9. The molecule has 3 aromatic rings. The van der Waals surface area contributed by atoms with E-state index >= 15 is 0 Å². The topological polar surface area (TPSA) is 69.7 Å². The molecule has 1 amide bonds. The first-order valence-corrected chi connectivity index (χ1v) is 12.6. The molecule has 1 heterocycles. The Bertz CT molecular complexity index is 1270. The van der Waals surface area contributed by atoms with Crippen molar-refractivity contribution in [3.8, 4) is 0 Å². The minimum atomic E-state index is -3.63. The van der Waals surface area contributed by atoms with E-state index in [1.165, 1.54) is 22.5 Å². The summed E-state index contributed by atoms with van der Waals surface area (Å²) in [5.41, 5.74) is -0.0530. The normalized spacial score (nSPS) is 16.4. The maximum Gasteiger partial charge on any atom is 0.243 e. The zero-order valence-corrected chi connectivity index (χ0v) is 19.7. The fraction of sp³-hybridized carbons (Fsp3) is 0.320. The van der Waals surface area contributed by atoms with E-state index in [-0.39, 0.29) is 42.4 Å². The molecule has 6 nitrogen and oxygen atoms in total. The molecule has 1 unspecified atom stereocenters. The Morgan fingerprint density at radius 3 is 2.26 bits per heavy atom. The summed E-state index contributed by atoms with van der Waals surface area (Å²) in [5, 5.41) is 4.61. The SMILES string of the molecule is CC(Cc1c(F)cccc1F)NC(=O)CN1CCN(S(=O)(=O)c2ccc3ccccc3c2)CC1. The van der Waals surface area contributed by atoms with Crippen LogP contribution in [-0.4, -0.2) is 62.3 Å². The minimum Gasteiger partial charge on any atom is -0.352 e. The van der Waals surface area contributed by atoms with Crippen molar-refractivity contribution in [3.63, 3.8) is 0 Å². The summed E-state index contributed by atoms with van der Waals surface area (Å²) in [6, 6.07) is 15.9. The van der Waals surface area contributed by atoms with Gasteiger partial charge in [0.05, 0.1) is 11.4 Å². The number of fused-ring (bicyclic) bond motifs is 1. The lowest BCUT2D eigenvalue weighted by Crippen LogP contribution is -2.51. The van der Waals surface area contributed by atoms with Crippen LogP contribution in [0.15, 0.2) is 65.6 Å². The number of rotatable bonds is 7. The van der Waals surface area contributed by atoms with E-state index in [4.69, 9.17) is 0 Å². The van der Waals surface area contributed by atoms with E-state index in [1.54, 1.807) is 25.1 Å². The summed E-state index contributed by atoms with van der Waals surface area (Å²) in [5.74, 6) is -1.54. The van der Waals surface area contributed by atoms with Crippen LogP contribution in [0.25, 0.3) is 10.8 Å². The molecule has 1 aliphatic rings. The number of halogens is 2. The van der Waals surface area contributed by atoms with E-state index in [0.717, 1.165) is 10.8 Å². The molecule has 0 aromatic heterocycles. The number of hydrogen-bond donors (Lipinski definition) is 1. The van der Waals surface area contributed by atoms with Crippen LogP contribution >= 0.6 is 0 Å². The van der Waals surface area contributed by atoms with Gasteiger partial charge in [0.2, 0.25) is 15.9 Å². The van der Waals surface area contributed by atoms with Gasteiger partial charge >= 0.3 is 0 Å². The van der Waals surface area contributed by atoms with Gasteiger partial charge in [0.1, 0.15) is 11.6 Å². The fourth-order valence-electron chi connectivity index (χ4n) is 4.21. The van der Waals surface area contributed by atoms with Gasteiger partial charge in [-0.2, -0.15) is 4.31 Å². The number of benzene rings is 3. The predicted molar refractivity (Wildman–Crippen MR) is 127 cm³/mol. The van der Waals surface area contributed by atoms with Crippen LogP contribution < -0.4 is 5.32 Å². The Morgan fingerprint density at radius 1 is 0.941 bits per heavy atom. The maximum absolute atomic E-state index is 13.8. The van der Waals surface area contributed by atoms with Crippen molar-refractivity contribution in [1.82, 2.24) is 14.5 Å². The van der Waals surface area contributed by atoms with Gasteiger partial charge in [-0.15, -0.1) is 0 Å². The van der Waals surface area contributed by atoms with Gasteiger partial charge in [0.15, 0.2) is 0 Å². The summed E-state index contributed by atoms with van der Waals surface area (Å²) >= 11 is 0. The second kappa shape index (κ2) is 10.2. The first kappa shape index (κ1) is 24.3. The van der Waals surface area contributed by atoms with Crippen molar-refractivity contribution in [2.45, 2.75) is 24.3 Å². The standard InChI is InChI=1S/C25H27F2N3O3S/c1-18(15-22-23(26)7-4-8-24(22)27)28-25(31)17-29-11-13-30(14-12-29)34(32,33)21-10-9-19-5-2-3-6-20(19)16-21/h2-10,16,18H,11-15,17H2,1H3,(H,28,31). The quantitative estimate of drug-likeness (QED) is 0.556. The maximum atomic E-state index is 13.8. The average Bonchev–Trinajstić information content (AvgIpc) is 2.81. The highest BCUT2D eigenvalue weighted by Gasteiger charge is 2.29. The summed E-state index contributed by atoms with van der Waals surface area (Å²) in [7, 11) is -3.63. The third-order valence-corrected chi connectivity index (χ3v) is 7.93. The number of piperazine rings is 1. The Labute approximate surface area is 198 Å². The molecule has 0 aliphatic carbocycles. The monoisotopic (exact) mass is 487 g/mol. The van der Waals surface area contributed by atoms with E-state index in [0.29, 0.717) is 13.1 Å². The molecule has 4 rings (SSSR count). The van der Waals surface area contributed by atoms with E-state index < -0.39 is 27.7 Å². The molecule has 0 saturated carbocycles. The van der Waals surface area contributed by atoms with E-state index in [2.05, 4.69) is 5.32 Å². The zero-order chi connectivity index (χ0) is 24.3. The van der Waals surface area contributed by atoms with Gasteiger partial charge in [-0.25, -0.2) is 17.2 Å². The predicted octanol–water partition coefficient (Wildman–Crippen LogP) is 3.17. The highest BCUT2D eigenvalue weighted by Crippen LogP contribution is 2.23. The third-order valence-electron chi connectivity index (χ3n) is 6.04. The minimum absolute atomic E-state index is 0.0437. The Hall–Kier alpha value is -2.88. The molecule has 180 valence electrons. The van der Waals surface area contributed by atoms with E-state index in [1.807, 2.05) is 29.2 Å². The first-order chi connectivity index (χ1) is 16.2. The molecule has 34 heavy (non-hydrogen) atoms. The van der Waals surface area contributed by atoms with Crippen LogP contribution in [-0.2, 0) is 21.2 Å². The molecular weight excluding hydrogens is 460 g/mol. The number of amides is 1. The Kier molecular flexibility index (Phi) is 7.25. The molecule has 1 N–H and O–H groups in total. The third kappa shape index (κ3) is 5.43. The fourth-order valence-corrected chi connectivity index (χ4v) is 5.67. The smallest absolute Gasteiger partial charge is 0.243 e. The Morgan fingerprint density at radius 2 is 1.59 bits per heavy atom. The molecule has 1 aliphatic heterocycles. The molecular formula is C25H27F2N3O3S. The lowest BCUT2D eigenvalue weighted by Gasteiger charge is -2.33. The van der Waals surface area contributed by atoms with Crippen LogP contribution in [0.3, 0.4) is 0 Å². The average molecular weight is 488 g/mol. The molecule has 1 fully saturated rings. The number of hydrogen-bond acceptors (Lipinski definition) is 4. The molecule has 9 heteroatoms. The van der Waals surface area contributed by atoms with Crippen LogP contribution in [0.1, 0.15) is 12.5 Å². The molecule has 0 radical (unpaired) electrons. The van der Waals surface area contributed by atoms with Gasteiger partial charge < -0.3 is 5.32 Å². The van der Waals surface area contributed by atoms with Crippen molar-refractivity contribution in [2.75, 3.05) is 32.7 Å². The second-order valence-electron chi connectivity index (χ2n) is 8.56. The summed E-state index contributed by atoms with van der Waals surface area (Å²) in [4.78, 5) is 14.6. The second-order valence-corrected chi connectivity index (χ2v) is 10.5.